The third-order valence-electron chi connectivity index (χ3n) is 9.22. The molecule has 2 aromatic heterocycles. The minimum Gasteiger partial charge on any atom is -0.391 e. The van der Waals surface area contributed by atoms with E-state index in [4.69, 9.17) is 16.3 Å². The summed E-state index contributed by atoms with van der Waals surface area (Å²) in [6.45, 7) is 6.76. The van der Waals surface area contributed by atoms with Crippen LogP contribution in [0.2, 0.25) is 5.02 Å². The highest BCUT2D eigenvalue weighted by molar-refractivity contribution is 6.30. The quantitative estimate of drug-likeness (QED) is 0.300. The van der Waals surface area contributed by atoms with Gasteiger partial charge < -0.3 is 14.5 Å². The summed E-state index contributed by atoms with van der Waals surface area (Å²) in [4.78, 5) is 58.8. The lowest BCUT2D eigenvalue weighted by Gasteiger charge is -2.39. The zero-order valence-corrected chi connectivity index (χ0v) is 26.8. The number of amides is 1. The maximum Gasteiger partial charge on any atom is 0.416 e. The molecular weight excluding hydrogens is 596 g/mol. The van der Waals surface area contributed by atoms with Crippen molar-refractivity contribution in [2.45, 2.75) is 52.0 Å². The van der Waals surface area contributed by atoms with Gasteiger partial charge in [0.1, 0.15) is 5.56 Å². The summed E-state index contributed by atoms with van der Waals surface area (Å²) in [6.07, 6.45) is 5.00. The average molecular weight is 633 g/mol. The van der Waals surface area contributed by atoms with Crippen LogP contribution in [-0.4, -0.2) is 72.8 Å². The Balaban J connectivity index is 1.31. The number of ketones is 1. The first-order chi connectivity index (χ1) is 21.6. The van der Waals surface area contributed by atoms with Gasteiger partial charge in [0.2, 0.25) is 11.7 Å². The van der Waals surface area contributed by atoms with Crippen LogP contribution in [0.1, 0.15) is 59.3 Å². The van der Waals surface area contributed by atoms with Gasteiger partial charge in [0, 0.05) is 43.8 Å². The van der Waals surface area contributed by atoms with Gasteiger partial charge in [0.05, 0.1) is 22.3 Å². The second kappa shape index (κ2) is 12.3. The Morgan fingerprint density at radius 2 is 1.67 bits per heavy atom. The topological polar surface area (TPSA) is 112 Å². The number of hydrogen-bond donors (Lipinski definition) is 0. The van der Waals surface area contributed by atoms with E-state index in [2.05, 4.69) is 10.00 Å². The van der Waals surface area contributed by atoms with Crippen LogP contribution < -0.4 is 16.0 Å². The Hall–Kier alpha value is -4.22. The highest BCUT2D eigenvalue weighted by atomic mass is 35.5. The molecule has 0 radical (unpaired) electrons. The molecule has 0 aliphatic carbocycles. The lowest BCUT2D eigenvalue weighted by Crippen LogP contribution is -2.48. The van der Waals surface area contributed by atoms with Crippen LogP contribution in [0.3, 0.4) is 0 Å². The normalized spacial score (nSPS) is 16.3. The van der Waals surface area contributed by atoms with E-state index >= 15 is 0 Å². The number of carbonyl (C=O) groups is 2. The first-order valence-corrected chi connectivity index (χ1v) is 15.7. The molecule has 4 aromatic rings. The van der Waals surface area contributed by atoms with E-state index in [0.29, 0.717) is 46.6 Å². The molecule has 2 aliphatic heterocycles. The maximum atomic E-state index is 14.1. The van der Waals surface area contributed by atoms with Gasteiger partial charge in [-0.15, -0.1) is 0 Å². The molecule has 236 valence electrons. The first kappa shape index (κ1) is 30.8. The highest BCUT2D eigenvalue weighted by Gasteiger charge is 2.32. The molecule has 2 saturated heterocycles. The fourth-order valence-corrected chi connectivity index (χ4v) is 6.97. The van der Waals surface area contributed by atoms with Crippen LogP contribution in [-0.2, 0) is 14.1 Å². The number of rotatable bonds is 5. The van der Waals surface area contributed by atoms with Crippen molar-refractivity contribution in [1.29, 1.82) is 0 Å². The lowest BCUT2D eigenvalue weighted by molar-refractivity contribution is 0.0863. The van der Waals surface area contributed by atoms with E-state index in [1.54, 1.807) is 63.2 Å². The number of halogens is 1. The van der Waals surface area contributed by atoms with Crippen molar-refractivity contribution in [1.82, 2.24) is 28.7 Å². The molecule has 2 aromatic carbocycles. The predicted molar refractivity (Wildman–Crippen MR) is 172 cm³/mol. The van der Waals surface area contributed by atoms with E-state index in [9.17, 15) is 19.2 Å². The number of aromatic nitrogens is 4. The SMILES string of the molecule is Cc1nn(C)c(OC(=O)N2CCC(N3CCCCC3)CC2)c1C(=O)c1ccc2c(c1C)c(=O)n(-c1cccc(Cl)c1)c(=O)n2C. The number of piperidine rings is 2. The molecule has 0 N–H and O–H groups in total. The molecule has 2 fully saturated rings. The Kier molecular flexibility index (Phi) is 8.41. The summed E-state index contributed by atoms with van der Waals surface area (Å²) in [5.41, 5.74) is 0.793. The van der Waals surface area contributed by atoms with Gasteiger partial charge >= 0.3 is 11.8 Å². The number of hydrogen-bond acceptors (Lipinski definition) is 7. The molecule has 45 heavy (non-hydrogen) atoms. The summed E-state index contributed by atoms with van der Waals surface area (Å²) in [5.74, 6) is -0.383. The minimum atomic E-state index is -0.565. The second-order valence-electron chi connectivity index (χ2n) is 12.0. The fraction of sp³-hybridized carbons (Fsp3) is 0.424. The number of fused-ring (bicyclic) bond motifs is 1. The predicted octanol–water partition coefficient (Wildman–Crippen LogP) is 4.37. The van der Waals surface area contributed by atoms with Crippen LogP contribution in [0.15, 0.2) is 46.0 Å². The van der Waals surface area contributed by atoms with E-state index in [-0.39, 0.29) is 22.4 Å². The molecule has 0 saturated carbocycles. The van der Waals surface area contributed by atoms with Crippen molar-refractivity contribution in [3.8, 4) is 11.6 Å². The number of aryl methyl sites for hydroxylation is 4. The Morgan fingerprint density at radius 3 is 2.36 bits per heavy atom. The standard InChI is InChI=1S/C33H37ClN6O5/c1-20-25(11-12-26-27(20)30(42)40(32(43)36(26)3)24-10-8-9-22(34)19-24)29(41)28-21(2)35-37(4)31(28)45-33(44)39-17-13-23(14-18-39)38-15-6-5-7-16-38/h8-12,19,23H,5-7,13-18H2,1-4H3. The summed E-state index contributed by atoms with van der Waals surface area (Å²) < 4.78 is 9.68. The Morgan fingerprint density at radius 1 is 0.956 bits per heavy atom. The van der Waals surface area contributed by atoms with E-state index in [1.165, 1.54) is 34.6 Å². The van der Waals surface area contributed by atoms with Crippen LogP contribution in [0.4, 0.5) is 4.79 Å². The van der Waals surface area contributed by atoms with Gasteiger partial charge in [-0.1, -0.05) is 24.1 Å². The lowest BCUT2D eigenvalue weighted by atomic mass is 9.96. The van der Waals surface area contributed by atoms with Crippen molar-refractivity contribution in [3.63, 3.8) is 0 Å². The number of nitrogens with zero attached hydrogens (tertiary/aromatic N) is 6. The van der Waals surface area contributed by atoms with Crippen molar-refractivity contribution < 1.29 is 14.3 Å². The molecule has 0 spiro atoms. The van der Waals surface area contributed by atoms with Gasteiger partial charge in [-0.25, -0.2) is 18.8 Å². The number of ether oxygens (including phenoxy) is 1. The Bertz CT molecular complexity index is 1930. The molecule has 0 bridgehead atoms. The molecule has 1 amide bonds. The van der Waals surface area contributed by atoms with Crippen molar-refractivity contribution in [2.24, 2.45) is 14.1 Å². The van der Waals surface area contributed by atoms with Crippen molar-refractivity contribution in [3.05, 3.63) is 84.6 Å². The highest BCUT2D eigenvalue weighted by Crippen LogP contribution is 2.29. The molecule has 4 heterocycles. The minimum absolute atomic E-state index is 0.0527. The summed E-state index contributed by atoms with van der Waals surface area (Å²) in [5, 5.41) is 5.00. The van der Waals surface area contributed by atoms with Crippen LogP contribution >= 0.6 is 11.6 Å². The third-order valence-corrected chi connectivity index (χ3v) is 9.46. The van der Waals surface area contributed by atoms with Gasteiger partial charge in [0.25, 0.3) is 5.56 Å². The van der Waals surface area contributed by atoms with Crippen molar-refractivity contribution >= 4 is 34.4 Å². The number of likely N-dealkylation sites (tertiary alicyclic amines) is 2. The molecule has 2 aliphatic rings. The molecule has 0 atom stereocenters. The number of benzene rings is 2. The van der Waals surface area contributed by atoms with Crippen LogP contribution in [0.5, 0.6) is 5.88 Å². The van der Waals surface area contributed by atoms with Gasteiger partial charge in [-0.2, -0.15) is 5.10 Å². The molecule has 6 rings (SSSR count). The third kappa shape index (κ3) is 5.59. The largest absolute Gasteiger partial charge is 0.416 e. The number of carbonyl (C=O) groups excluding carboxylic acids is 2. The van der Waals surface area contributed by atoms with Gasteiger partial charge in [0.15, 0.2) is 0 Å². The molecular formula is C33H37ClN6O5. The monoisotopic (exact) mass is 632 g/mol. The van der Waals surface area contributed by atoms with Crippen LogP contribution in [0.25, 0.3) is 16.6 Å². The summed E-state index contributed by atoms with van der Waals surface area (Å²) in [6, 6.07) is 10.1. The van der Waals surface area contributed by atoms with E-state index in [1.807, 2.05) is 0 Å². The van der Waals surface area contributed by atoms with E-state index < -0.39 is 23.1 Å². The molecule has 0 unspecified atom stereocenters. The van der Waals surface area contributed by atoms with Gasteiger partial charge in [-0.05, 0) is 88.5 Å². The molecule has 11 nitrogen and oxygen atoms in total. The summed E-state index contributed by atoms with van der Waals surface area (Å²) >= 11 is 6.16. The average Bonchev–Trinajstić information content (AvgIpc) is 3.31. The fourth-order valence-electron chi connectivity index (χ4n) is 6.78. The molecule has 12 heteroatoms. The second-order valence-corrected chi connectivity index (χ2v) is 12.4. The first-order valence-electron chi connectivity index (χ1n) is 15.4. The smallest absolute Gasteiger partial charge is 0.391 e. The Labute approximate surface area is 265 Å². The van der Waals surface area contributed by atoms with Gasteiger partial charge in [-0.3, -0.25) is 14.2 Å². The summed E-state index contributed by atoms with van der Waals surface area (Å²) in [7, 11) is 3.20. The van der Waals surface area contributed by atoms with E-state index in [0.717, 1.165) is 30.5 Å². The zero-order valence-electron chi connectivity index (χ0n) is 26.0. The van der Waals surface area contributed by atoms with Crippen molar-refractivity contribution in [2.75, 3.05) is 26.2 Å². The zero-order chi connectivity index (χ0) is 32.0. The van der Waals surface area contributed by atoms with Crippen LogP contribution in [0, 0.1) is 13.8 Å². The maximum absolute atomic E-state index is 14.1.